The van der Waals surface area contributed by atoms with Crippen molar-refractivity contribution in [2.75, 3.05) is 0 Å². The molecule has 0 bridgehead atoms. The molecule has 1 heterocycles. The van der Waals surface area contributed by atoms with Gasteiger partial charge in [0.15, 0.2) is 0 Å². The molecule has 96 valence electrons. The lowest BCUT2D eigenvalue weighted by molar-refractivity contribution is -0.386. The van der Waals surface area contributed by atoms with Crippen molar-refractivity contribution < 1.29 is 4.92 Å². The van der Waals surface area contributed by atoms with Gasteiger partial charge < -0.3 is 5.32 Å². The van der Waals surface area contributed by atoms with Crippen LogP contribution in [0.5, 0.6) is 0 Å². The van der Waals surface area contributed by atoms with Crippen LogP contribution in [0.2, 0.25) is 0 Å². The monoisotopic (exact) mass is 255 g/mol. The fraction of sp³-hybridized carbons (Fsp3) is 0.143. The van der Waals surface area contributed by atoms with E-state index in [0.717, 1.165) is 5.57 Å². The van der Waals surface area contributed by atoms with Gasteiger partial charge in [0.2, 0.25) is 0 Å². The van der Waals surface area contributed by atoms with E-state index in [1.54, 1.807) is 38.4 Å². The van der Waals surface area contributed by atoms with E-state index >= 15 is 0 Å². The largest absolute Gasteiger partial charge is 0.368 e. The van der Waals surface area contributed by atoms with Crippen LogP contribution in [-0.4, -0.2) is 10.8 Å². The van der Waals surface area contributed by atoms with E-state index in [1.807, 2.05) is 12.2 Å². The molecule has 0 saturated heterocycles. The average molecular weight is 255 g/mol. The highest BCUT2D eigenvalue weighted by atomic mass is 16.6. The number of hydrogen-bond donors (Lipinski definition) is 1. The third-order valence-corrected chi connectivity index (χ3v) is 2.81. The molecule has 0 saturated carbocycles. The standard InChI is InChI=1S/C14H13N3O2/c1-10-3-4-13(11(2)14(10)17(18)19)16-9-12-5-7-15-8-6-12/h3-8,15H,1-2H3. The minimum absolute atomic E-state index is 0.115. The summed E-state index contributed by atoms with van der Waals surface area (Å²) in [6.07, 6.45) is 7.17. The second kappa shape index (κ2) is 5.33. The van der Waals surface area contributed by atoms with Crippen molar-refractivity contribution in [3.8, 4) is 0 Å². The van der Waals surface area contributed by atoms with Gasteiger partial charge in [0.25, 0.3) is 5.69 Å². The van der Waals surface area contributed by atoms with Crippen LogP contribution in [0.4, 0.5) is 11.4 Å². The first-order chi connectivity index (χ1) is 9.09. The predicted molar refractivity (Wildman–Crippen MR) is 74.6 cm³/mol. The van der Waals surface area contributed by atoms with Crippen LogP contribution in [0.25, 0.3) is 0 Å². The molecule has 5 heteroatoms. The maximum atomic E-state index is 11.0. The van der Waals surface area contributed by atoms with Crippen molar-refractivity contribution in [3.63, 3.8) is 0 Å². The number of nitro benzene ring substituents is 1. The maximum absolute atomic E-state index is 11.0. The Morgan fingerprint density at radius 1 is 1.26 bits per heavy atom. The van der Waals surface area contributed by atoms with Gasteiger partial charge in [-0.15, -0.1) is 0 Å². The van der Waals surface area contributed by atoms with Gasteiger partial charge in [-0.3, -0.25) is 10.1 Å². The number of nitro groups is 1. The van der Waals surface area contributed by atoms with Gasteiger partial charge in [0.1, 0.15) is 0 Å². The normalized spacial score (nSPS) is 12.8. The van der Waals surface area contributed by atoms with E-state index in [2.05, 4.69) is 16.2 Å². The number of benzene rings is 1. The molecule has 0 spiro atoms. The summed E-state index contributed by atoms with van der Waals surface area (Å²) in [5.41, 5.74) is 2.67. The van der Waals surface area contributed by atoms with Gasteiger partial charge >= 0.3 is 0 Å². The molecule has 0 unspecified atom stereocenters. The highest BCUT2D eigenvalue weighted by Crippen LogP contribution is 2.30. The third-order valence-electron chi connectivity index (χ3n) is 2.81. The number of aryl methyl sites for hydroxylation is 1. The van der Waals surface area contributed by atoms with Crippen LogP contribution >= 0.6 is 0 Å². The van der Waals surface area contributed by atoms with E-state index in [1.165, 1.54) is 0 Å². The topological polar surface area (TPSA) is 67.5 Å². The van der Waals surface area contributed by atoms with E-state index < -0.39 is 0 Å². The van der Waals surface area contributed by atoms with E-state index in [-0.39, 0.29) is 10.6 Å². The molecule has 1 aliphatic heterocycles. The Kier molecular flexibility index (Phi) is 3.59. The molecule has 1 aromatic rings. The van der Waals surface area contributed by atoms with E-state index in [9.17, 15) is 10.1 Å². The third kappa shape index (κ3) is 2.78. The molecular weight excluding hydrogens is 242 g/mol. The Morgan fingerprint density at radius 2 is 1.95 bits per heavy atom. The van der Waals surface area contributed by atoms with Gasteiger partial charge in [0, 0.05) is 23.5 Å². The van der Waals surface area contributed by atoms with Crippen LogP contribution in [-0.2, 0) is 0 Å². The Hall–Kier alpha value is -2.65. The SMILES string of the molecule is Cc1ccc(N=C=C2C=CNC=C2)c(C)c1[N+](=O)[O-]. The number of nitrogens with zero attached hydrogens (tertiary/aromatic N) is 2. The van der Waals surface area contributed by atoms with Crippen LogP contribution in [0.3, 0.4) is 0 Å². The number of nitrogens with one attached hydrogen (secondary N) is 1. The fourth-order valence-corrected chi connectivity index (χ4v) is 1.81. The Morgan fingerprint density at radius 3 is 2.58 bits per heavy atom. The fourth-order valence-electron chi connectivity index (χ4n) is 1.81. The minimum Gasteiger partial charge on any atom is -0.368 e. The van der Waals surface area contributed by atoms with Gasteiger partial charge in [-0.25, -0.2) is 4.99 Å². The highest BCUT2D eigenvalue weighted by Gasteiger charge is 2.16. The summed E-state index contributed by atoms with van der Waals surface area (Å²) >= 11 is 0. The van der Waals surface area contributed by atoms with Crippen molar-refractivity contribution in [3.05, 3.63) is 63.5 Å². The van der Waals surface area contributed by atoms with Crippen molar-refractivity contribution in [2.24, 2.45) is 4.99 Å². The van der Waals surface area contributed by atoms with Gasteiger partial charge in [0.05, 0.1) is 16.2 Å². The van der Waals surface area contributed by atoms with Crippen molar-refractivity contribution in [1.29, 1.82) is 0 Å². The molecule has 2 rings (SSSR count). The summed E-state index contributed by atoms with van der Waals surface area (Å²) in [5.74, 6) is 2.87. The molecule has 5 nitrogen and oxygen atoms in total. The van der Waals surface area contributed by atoms with Gasteiger partial charge in [-0.05, 0) is 37.9 Å². The first-order valence-electron chi connectivity index (χ1n) is 5.77. The van der Waals surface area contributed by atoms with Crippen LogP contribution < -0.4 is 5.32 Å². The lowest BCUT2D eigenvalue weighted by atomic mass is 10.1. The summed E-state index contributed by atoms with van der Waals surface area (Å²) in [6, 6.07) is 3.46. The van der Waals surface area contributed by atoms with Gasteiger partial charge in [-0.2, -0.15) is 0 Å². The molecular formula is C14H13N3O2. The molecule has 0 atom stereocenters. The maximum Gasteiger partial charge on any atom is 0.277 e. The predicted octanol–water partition coefficient (Wildman–Crippen LogP) is 3.07. The van der Waals surface area contributed by atoms with Gasteiger partial charge in [-0.1, -0.05) is 6.07 Å². The zero-order valence-corrected chi connectivity index (χ0v) is 10.7. The summed E-state index contributed by atoms with van der Waals surface area (Å²) in [4.78, 5) is 14.8. The zero-order chi connectivity index (χ0) is 13.8. The summed E-state index contributed by atoms with van der Waals surface area (Å²) in [6.45, 7) is 3.42. The molecule has 0 fully saturated rings. The Bertz CT molecular complexity index is 637. The van der Waals surface area contributed by atoms with Crippen molar-refractivity contribution in [1.82, 2.24) is 5.32 Å². The Balaban J connectivity index is 2.47. The molecule has 1 aliphatic rings. The molecule has 1 aromatic carbocycles. The second-order valence-electron chi connectivity index (χ2n) is 4.14. The molecule has 0 aromatic heterocycles. The Labute approximate surface area is 110 Å². The number of allylic oxidation sites excluding steroid dienone is 3. The highest BCUT2D eigenvalue weighted by molar-refractivity contribution is 5.72. The average Bonchev–Trinajstić information content (AvgIpc) is 2.38. The molecule has 1 N–H and O–H groups in total. The number of rotatable bonds is 2. The zero-order valence-electron chi connectivity index (χ0n) is 10.7. The lowest BCUT2D eigenvalue weighted by Gasteiger charge is -2.03. The summed E-state index contributed by atoms with van der Waals surface area (Å²) in [5, 5.41) is 13.9. The lowest BCUT2D eigenvalue weighted by Crippen LogP contribution is -1.96. The smallest absolute Gasteiger partial charge is 0.277 e. The van der Waals surface area contributed by atoms with E-state index in [4.69, 9.17) is 0 Å². The first kappa shape index (κ1) is 12.8. The van der Waals surface area contributed by atoms with Crippen LogP contribution in [0, 0.1) is 24.0 Å². The first-order valence-corrected chi connectivity index (χ1v) is 5.77. The van der Waals surface area contributed by atoms with Crippen LogP contribution in [0.1, 0.15) is 11.1 Å². The molecule has 0 radical (unpaired) electrons. The van der Waals surface area contributed by atoms with Crippen molar-refractivity contribution >= 4 is 17.2 Å². The molecule has 19 heavy (non-hydrogen) atoms. The number of dihydropyridines is 1. The van der Waals surface area contributed by atoms with E-state index in [0.29, 0.717) is 16.8 Å². The minimum atomic E-state index is -0.374. The molecule has 0 aliphatic carbocycles. The summed E-state index contributed by atoms with van der Waals surface area (Å²) < 4.78 is 0. The second-order valence-corrected chi connectivity index (χ2v) is 4.14. The number of aliphatic imine (C=N–C) groups is 1. The number of hydrogen-bond acceptors (Lipinski definition) is 4. The van der Waals surface area contributed by atoms with Crippen molar-refractivity contribution in [2.45, 2.75) is 13.8 Å². The molecule has 0 amide bonds. The van der Waals surface area contributed by atoms with Crippen LogP contribution in [0.15, 0.2) is 47.3 Å². The summed E-state index contributed by atoms with van der Waals surface area (Å²) in [7, 11) is 0. The quantitative estimate of drug-likeness (QED) is 0.501.